The topological polar surface area (TPSA) is 74.5 Å². The van der Waals surface area contributed by atoms with Crippen LogP contribution in [0.2, 0.25) is 5.15 Å². The van der Waals surface area contributed by atoms with Gasteiger partial charge in [0.2, 0.25) is 0 Å². The van der Waals surface area contributed by atoms with Gasteiger partial charge in [0.1, 0.15) is 16.7 Å². The summed E-state index contributed by atoms with van der Waals surface area (Å²) < 4.78 is 10.5. The molecule has 0 aliphatic heterocycles. The van der Waals surface area contributed by atoms with Gasteiger partial charge in [-0.25, -0.2) is 4.98 Å². The molecule has 0 saturated carbocycles. The molecule has 6 nitrogen and oxygen atoms in total. The number of nitro groups is 1. The molecule has 1 heterocycles. The average molecular weight is 295 g/mol. The van der Waals surface area contributed by atoms with Crippen molar-refractivity contribution < 1.29 is 14.4 Å². The van der Waals surface area contributed by atoms with Crippen LogP contribution in [0.1, 0.15) is 5.56 Å². The molecule has 0 atom stereocenters. The number of aryl methyl sites for hydroxylation is 1. The largest absolute Gasteiger partial charge is 0.490 e. The molecule has 0 amide bonds. The van der Waals surface area contributed by atoms with E-state index in [1.165, 1.54) is 19.2 Å². The summed E-state index contributed by atoms with van der Waals surface area (Å²) >= 11 is 5.79. The highest BCUT2D eigenvalue weighted by Crippen LogP contribution is 2.34. The molecular weight excluding hydrogens is 284 g/mol. The van der Waals surface area contributed by atoms with Crippen molar-refractivity contribution in [2.75, 3.05) is 7.11 Å². The molecule has 0 fully saturated rings. The number of aromatic nitrogens is 1. The van der Waals surface area contributed by atoms with Crippen molar-refractivity contribution in [1.29, 1.82) is 0 Å². The highest BCUT2D eigenvalue weighted by atomic mass is 35.5. The van der Waals surface area contributed by atoms with Gasteiger partial charge in [0.15, 0.2) is 5.75 Å². The van der Waals surface area contributed by atoms with Crippen molar-refractivity contribution in [2.24, 2.45) is 0 Å². The quantitative estimate of drug-likeness (QED) is 0.487. The van der Waals surface area contributed by atoms with Gasteiger partial charge in [0.05, 0.1) is 18.1 Å². The molecule has 104 valence electrons. The predicted molar refractivity (Wildman–Crippen MR) is 73.7 cm³/mol. The summed E-state index contributed by atoms with van der Waals surface area (Å²) in [6, 6.07) is 5.91. The fourth-order valence-electron chi connectivity index (χ4n) is 1.59. The summed E-state index contributed by atoms with van der Waals surface area (Å²) in [4.78, 5) is 14.3. The number of nitro benzene ring substituents is 1. The van der Waals surface area contributed by atoms with Gasteiger partial charge in [-0.3, -0.25) is 10.1 Å². The molecule has 2 aromatic rings. The van der Waals surface area contributed by atoms with E-state index in [4.69, 9.17) is 21.1 Å². The average Bonchev–Trinajstić information content (AvgIpc) is 2.42. The fraction of sp³-hybridized carbons (Fsp3) is 0.154. The minimum Gasteiger partial charge on any atom is -0.490 e. The van der Waals surface area contributed by atoms with Crippen LogP contribution in [-0.2, 0) is 0 Å². The lowest BCUT2D eigenvalue weighted by Gasteiger charge is -2.09. The fourth-order valence-corrected chi connectivity index (χ4v) is 1.74. The Morgan fingerprint density at radius 3 is 2.70 bits per heavy atom. The minimum absolute atomic E-state index is 0.164. The third-order valence-electron chi connectivity index (χ3n) is 2.60. The number of halogens is 1. The molecule has 0 aliphatic carbocycles. The first-order chi connectivity index (χ1) is 9.51. The monoisotopic (exact) mass is 294 g/mol. The Morgan fingerprint density at radius 2 is 2.05 bits per heavy atom. The summed E-state index contributed by atoms with van der Waals surface area (Å²) in [5.41, 5.74) is 0.607. The molecule has 1 aromatic carbocycles. The Kier molecular flexibility index (Phi) is 4.05. The second-order valence-electron chi connectivity index (χ2n) is 3.97. The van der Waals surface area contributed by atoms with Crippen molar-refractivity contribution in [3.8, 4) is 17.2 Å². The number of hydrogen-bond acceptors (Lipinski definition) is 5. The number of pyridine rings is 1. The summed E-state index contributed by atoms with van der Waals surface area (Å²) in [5.74, 6) is 0.985. The predicted octanol–water partition coefficient (Wildman–Crippen LogP) is 3.75. The Balaban J connectivity index is 2.37. The first-order valence-corrected chi connectivity index (χ1v) is 6.01. The van der Waals surface area contributed by atoms with Gasteiger partial charge in [-0.1, -0.05) is 11.6 Å². The molecular formula is C13H11ClN2O4. The molecule has 20 heavy (non-hydrogen) atoms. The minimum atomic E-state index is -0.530. The van der Waals surface area contributed by atoms with Gasteiger partial charge < -0.3 is 9.47 Å². The first-order valence-electron chi connectivity index (χ1n) is 5.63. The van der Waals surface area contributed by atoms with Crippen molar-refractivity contribution in [3.05, 3.63) is 51.3 Å². The Labute approximate surface area is 120 Å². The third kappa shape index (κ3) is 2.97. The normalized spacial score (nSPS) is 10.2. The number of rotatable bonds is 4. The first kappa shape index (κ1) is 14.1. The molecule has 1 aromatic heterocycles. The van der Waals surface area contributed by atoms with Crippen LogP contribution in [0.5, 0.6) is 17.2 Å². The van der Waals surface area contributed by atoms with Crippen LogP contribution >= 0.6 is 11.6 Å². The second kappa shape index (κ2) is 5.75. The van der Waals surface area contributed by atoms with E-state index < -0.39 is 4.92 Å². The third-order valence-corrected chi connectivity index (χ3v) is 2.80. The Morgan fingerprint density at radius 1 is 1.30 bits per heavy atom. The molecule has 0 bridgehead atoms. The van der Waals surface area contributed by atoms with Crippen molar-refractivity contribution in [3.63, 3.8) is 0 Å². The Bertz CT molecular complexity index is 661. The SMILES string of the molecule is COc1ccc(Oc2cc(Cl)ncc2C)cc1[N+](=O)[O-]. The van der Waals surface area contributed by atoms with E-state index in [2.05, 4.69) is 4.98 Å². The highest BCUT2D eigenvalue weighted by molar-refractivity contribution is 6.29. The highest BCUT2D eigenvalue weighted by Gasteiger charge is 2.16. The number of methoxy groups -OCH3 is 1. The summed E-state index contributed by atoms with van der Waals surface area (Å²) in [6.07, 6.45) is 1.57. The van der Waals surface area contributed by atoms with E-state index >= 15 is 0 Å². The zero-order chi connectivity index (χ0) is 14.7. The van der Waals surface area contributed by atoms with E-state index in [1.807, 2.05) is 0 Å². The zero-order valence-electron chi connectivity index (χ0n) is 10.8. The maximum absolute atomic E-state index is 10.9. The molecule has 0 N–H and O–H groups in total. The van der Waals surface area contributed by atoms with Crippen LogP contribution in [0, 0.1) is 17.0 Å². The summed E-state index contributed by atoms with van der Waals surface area (Å²) in [7, 11) is 1.37. The Hall–Kier alpha value is -2.34. The maximum Gasteiger partial charge on any atom is 0.314 e. The van der Waals surface area contributed by atoms with E-state index in [9.17, 15) is 10.1 Å². The van der Waals surface area contributed by atoms with Gasteiger partial charge in [-0.15, -0.1) is 0 Å². The van der Waals surface area contributed by atoms with E-state index in [1.54, 1.807) is 25.3 Å². The number of benzene rings is 1. The molecule has 0 unspecified atom stereocenters. The van der Waals surface area contributed by atoms with Crippen LogP contribution in [0.4, 0.5) is 5.69 Å². The van der Waals surface area contributed by atoms with Gasteiger partial charge >= 0.3 is 5.69 Å². The van der Waals surface area contributed by atoms with Gasteiger partial charge in [-0.05, 0) is 19.1 Å². The maximum atomic E-state index is 10.9. The van der Waals surface area contributed by atoms with Gasteiger partial charge in [0.25, 0.3) is 0 Å². The van der Waals surface area contributed by atoms with Crippen molar-refractivity contribution in [2.45, 2.75) is 6.92 Å². The van der Waals surface area contributed by atoms with Crippen molar-refractivity contribution >= 4 is 17.3 Å². The lowest BCUT2D eigenvalue weighted by Crippen LogP contribution is -1.95. The standard InChI is InChI=1S/C13H11ClN2O4/c1-8-7-15-13(14)6-12(8)20-9-3-4-11(19-2)10(5-9)16(17)18/h3-7H,1-2H3. The number of nitrogens with zero attached hydrogens (tertiary/aromatic N) is 2. The molecule has 0 spiro atoms. The molecule has 0 radical (unpaired) electrons. The van der Waals surface area contributed by atoms with E-state index in [-0.39, 0.29) is 16.6 Å². The summed E-state index contributed by atoms with van der Waals surface area (Å²) in [6.45, 7) is 1.80. The molecule has 2 rings (SSSR count). The molecule has 0 aliphatic rings. The molecule has 0 saturated heterocycles. The lowest BCUT2D eigenvalue weighted by atomic mass is 10.2. The number of ether oxygens (including phenoxy) is 2. The van der Waals surface area contributed by atoms with Crippen LogP contribution in [0.25, 0.3) is 0 Å². The summed E-state index contributed by atoms with van der Waals surface area (Å²) in [5, 5.41) is 11.2. The van der Waals surface area contributed by atoms with Gasteiger partial charge in [0, 0.05) is 17.8 Å². The lowest BCUT2D eigenvalue weighted by molar-refractivity contribution is -0.385. The van der Waals surface area contributed by atoms with E-state index in [0.717, 1.165) is 5.56 Å². The number of hydrogen-bond donors (Lipinski definition) is 0. The second-order valence-corrected chi connectivity index (χ2v) is 4.35. The van der Waals surface area contributed by atoms with Crippen LogP contribution in [-0.4, -0.2) is 17.0 Å². The molecule has 7 heteroatoms. The zero-order valence-corrected chi connectivity index (χ0v) is 11.5. The van der Waals surface area contributed by atoms with Crippen LogP contribution < -0.4 is 9.47 Å². The van der Waals surface area contributed by atoms with Crippen molar-refractivity contribution in [1.82, 2.24) is 4.98 Å². The van der Waals surface area contributed by atoms with Crippen LogP contribution in [0.3, 0.4) is 0 Å². The van der Waals surface area contributed by atoms with E-state index in [0.29, 0.717) is 11.5 Å². The van der Waals surface area contributed by atoms with Gasteiger partial charge in [-0.2, -0.15) is 0 Å². The smallest absolute Gasteiger partial charge is 0.314 e. The van der Waals surface area contributed by atoms with Crippen LogP contribution in [0.15, 0.2) is 30.5 Å².